The summed E-state index contributed by atoms with van der Waals surface area (Å²) in [6, 6.07) is 18.8. The number of hydrogen-bond acceptors (Lipinski definition) is 5. The highest BCUT2D eigenvalue weighted by atomic mass is 35.5. The van der Waals surface area contributed by atoms with Crippen LogP contribution in [0, 0.1) is 0 Å². The Kier molecular flexibility index (Phi) is 5.30. The average molecular weight is 461 g/mol. The summed E-state index contributed by atoms with van der Waals surface area (Å²) < 4.78 is 3.50. The van der Waals surface area contributed by atoms with Gasteiger partial charge in [-0.1, -0.05) is 65.4 Å². The Morgan fingerprint density at radius 2 is 1.81 bits per heavy atom. The van der Waals surface area contributed by atoms with E-state index in [2.05, 4.69) is 15.4 Å². The molecule has 0 fully saturated rings. The molecule has 5 aromatic rings. The SMILES string of the molecule is Cn1ccnc1-c1sc(NC(=O)c2ccn(-c3ccccc3Cl)n2)nc1-c1ccccc1. The number of rotatable bonds is 5. The molecule has 0 saturated heterocycles. The minimum absolute atomic E-state index is 0.264. The third-order valence-corrected chi connectivity index (χ3v) is 6.13. The Morgan fingerprint density at radius 1 is 1.03 bits per heavy atom. The molecule has 0 aliphatic carbocycles. The number of nitrogens with zero attached hydrogens (tertiary/aromatic N) is 5. The number of nitrogens with one attached hydrogen (secondary N) is 1. The maximum absolute atomic E-state index is 12.9. The van der Waals surface area contributed by atoms with Gasteiger partial charge in [-0.15, -0.1) is 0 Å². The molecule has 9 heteroatoms. The summed E-state index contributed by atoms with van der Waals surface area (Å²) in [4.78, 5) is 22.9. The average Bonchev–Trinajstić information content (AvgIpc) is 3.54. The zero-order valence-electron chi connectivity index (χ0n) is 16.9. The number of thiazole rings is 1. The second-order valence-electron chi connectivity index (χ2n) is 6.98. The van der Waals surface area contributed by atoms with Crippen molar-refractivity contribution in [2.45, 2.75) is 0 Å². The van der Waals surface area contributed by atoms with Gasteiger partial charge in [0.15, 0.2) is 16.6 Å². The van der Waals surface area contributed by atoms with Crippen LogP contribution in [-0.4, -0.2) is 30.2 Å². The second kappa shape index (κ2) is 8.41. The van der Waals surface area contributed by atoms with Crippen LogP contribution in [0.25, 0.3) is 27.6 Å². The van der Waals surface area contributed by atoms with E-state index in [0.29, 0.717) is 15.8 Å². The van der Waals surface area contributed by atoms with Gasteiger partial charge in [0, 0.05) is 31.2 Å². The smallest absolute Gasteiger partial charge is 0.277 e. The van der Waals surface area contributed by atoms with Gasteiger partial charge in [0.2, 0.25) is 0 Å². The van der Waals surface area contributed by atoms with Crippen molar-refractivity contribution in [3.8, 4) is 27.6 Å². The van der Waals surface area contributed by atoms with E-state index in [1.54, 1.807) is 29.2 Å². The van der Waals surface area contributed by atoms with Crippen LogP contribution in [0.3, 0.4) is 0 Å². The number of para-hydroxylation sites is 1. The minimum Gasteiger partial charge on any atom is -0.333 e. The molecule has 2 aromatic carbocycles. The van der Waals surface area contributed by atoms with Gasteiger partial charge in [0.05, 0.1) is 21.3 Å². The number of imidazole rings is 1. The topological polar surface area (TPSA) is 77.6 Å². The molecule has 0 atom stereocenters. The molecule has 158 valence electrons. The third kappa shape index (κ3) is 3.81. The molecule has 1 N–H and O–H groups in total. The molecular weight excluding hydrogens is 444 g/mol. The number of anilines is 1. The van der Waals surface area contributed by atoms with Crippen molar-refractivity contribution < 1.29 is 4.79 Å². The Morgan fingerprint density at radius 3 is 2.56 bits per heavy atom. The summed E-state index contributed by atoms with van der Waals surface area (Å²) in [5.74, 6) is 0.431. The van der Waals surface area contributed by atoms with E-state index in [0.717, 1.165) is 22.0 Å². The standard InChI is InChI=1S/C23H17ClN6OS/c1-29-14-12-25-21(29)20-19(15-7-3-2-4-8-15)26-23(32-20)27-22(31)17-11-13-30(28-17)18-10-6-5-9-16(18)24/h2-14H,1H3,(H,26,27,31). The number of carbonyl (C=O) groups excluding carboxylic acids is 1. The number of amides is 1. The van der Waals surface area contributed by atoms with Crippen molar-refractivity contribution in [2.24, 2.45) is 7.05 Å². The number of hydrogen-bond donors (Lipinski definition) is 1. The fraction of sp³-hybridized carbons (Fsp3) is 0.0435. The van der Waals surface area contributed by atoms with E-state index in [1.807, 2.05) is 66.3 Å². The summed E-state index contributed by atoms with van der Waals surface area (Å²) in [7, 11) is 1.93. The Balaban J connectivity index is 1.46. The predicted octanol–water partition coefficient (Wildman–Crippen LogP) is 5.30. The lowest BCUT2D eigenvalue weighted by atomic mass is 10.1. The molecule has 0 radical (unpaired) electrons. The molecule has 0 unspecified atom stereocenters. The highest BCUT2D eigenvalue weighted by molar-refractivity contribution is 7.19. The zero-order valence-corrected chi connectivity index (χ0v) is 18.5. The van der Waals surface area contributed by atoms with Crippen LogP contribution in [0.4, 0.5) is 5.13 Å². The summed E-state index contributed by atoms with van der Waals surface area (Å²) in [6.45, 7) is 0. The zero-order chi connectivity index (χ0) is 22.1. The van der Waals surface area contributed by atoms with Crippen molar-refractivity contribution in [1.29, 1.82) is 0 Å². The summed E-state index contributed by atoms with van der Waals surface area (Å²) in [5.41, 5.74) is 2.68. The molecule has 7 nitrogen and oxygen atoms in total. The first kappa shape index (κ1) is 20.2. The predicted molar refractivity (Wildman–Crippen MR) is 126 cm³/mol. The summed E-state index contributed by atoms with van der Waals surface area (Å²) in [6.07, 6.45) is 5.32. The first-order chi connectivity index (χ1) is 15.6. The normalized spacial score (nSPS) is 10.9. The molecule has 0 spiro atoms. The molecule has 3 heterocycles. The van der Waals surface area contributed by atoms with Crippen LogP contribution < -0.4 is 5.32 Å². The van der Waals surface area contributed by atoms with E-state index < -0.39 is 0 Å². The largest absolute Gasteiger partial charge is 0.333 e. The lowest BCUT2D eigenvalue weighted by molar-refractivity contribution is 0.102. The minimum atomic E-state index is -0.351. The number of carbonyl (C=O) groups is 1. The first-order valence-electron chi connectivity index (χ1n) is 9.76. The fourth-order valence-corrected chi connectivity index (χ4v) is 4.52. The van der Waals surface area contributed by atoms with Crippen LogP contribution >= 0.6 is 22.9 Å². The van der Waals surface area contributed by atoms with E-state index in [-0.39, 0.29) is 11.6 Å². The molecule has 32 heavy (non-hydrogen) atoms. The lowest BCUT2D eigenvalue weighted by Crippen LogP contribution is -2.13. The van der Waals surface area contributed by atoms with Crippen molar-refractivity contribution in [3.63, 3.8) is 0 Å². The van der Waals surface area contributed by atoms with Gasteiger partial charge < -0.3 is 4.57 Å². The van der Waals surface area contributed by atoms with Crippen LogP contribution in [0.1, 0.15) is 10.5 Å². The van der Waals surface area contributed by atoms with E-state index >= 15 is 0 Å². The molecule has 0 saturated carbocycles. The molecule has 0 bridgehead atoms. The molecule has 1 amide bonds. The monoisotopic (exact) mass is 460 g/mol. The Hall–Kier alpha value is -3.75. The van der Waals surface area contributed by atoms with Crippen LogP contribution in [0.2, 0.25) is 5.02 Å². The Bertz CT molecular complexity index is 1400. The summed E-state index contributed by atoms with van der Waals surface area (Å²) in [5, 5.41) is 8.26. The molecule has 5 rings (SSSR count). The maximum atomic E-state index is 12.9. The van der Waals surface area contributed by atoms with Gasteiger partial charge in [-0.25, -0.2) is 14.6 Å². The van der Waals surface area contributed by atoms with E-state index in [4.69, 9.17) is 16.6 Å². The van der Waals surface area contributed by atoms with Crippen molar-refractivity contribution >= 4 is 34.0 Å². The van der Waals surface area contributed by atoms with Crippen LogP contribution in [0.15, 0.2) is 79.3 Å². The fourth-order valence-electron chi connectivity index (χ4n) is 3.28. The van der Waals surface area contributed by atoms with Gasteiger partial charge in [0.25, 0.3) is 5.91 Å². The summed E-state index contributed by atoms with van der Waals surface area (Å²) >= 11 is 7.61. The first-order valence-corrected chi connectivity index (χ1v) is 11.0. The van der Waals surface area contributed by atoms with E-state index in [1.165, 1.54) is 11.3 Å². The lowest BCUT2D eigenvalue weighted by Gasteiger charge is -2.03. The second-order valence-corrected chi connectivity index (χ2v) is 8.38. The Labute approximate surface area is 193 Å². The highest BCUT2D eigenvalue weighted by Crippen LogP contribution is 2.38. The van der Waals surface area contributed by atoms with Gasteiger partial charge in [-0.05, 0) is 18.2 Å². The van der Waals surface area contributed by atoms with Gasteiger partial charge in [0.1, 0.15) is 0 Å². The number of aromatic nitrogens is 5. The number of aryl methyl sites for hydroxylation is 1. The highest BCUT2D eigenvalue weighted by Gasteiger charge is 2.20. The maximum Gasteiger partial charge on any atom is 0.277 e. The molecule has 3 aromatic heterocycles. The van der Waals surface area contributed by atoms with E-state index in [9.17, 15) is 4.79 Å². The van der Waals surface area contributed by atoms with Gasteiger partial charge in [-0.3, -0.25) is 10.1 Å². The molecule has 0 aliphatic rings. The molecule has 0 aliphatic heterocycles. The van der Waals surface area contributed by atoms with Crippen LogP contribution in [-0.2, 0) is 7.05 Å². The number of halogens is 1. The third-order valence-electron chi connectivity index (χ3n) is 4.84. The molecular formula is C23H17ClN6OS. The van der Waals surface area contributed by atoms with Crippen molar-refractivity contribution in [1.82, 2.24) is 24.3 Å². The van der Waals surface area contributed by atoms with Crippen molar-refractivity contribution in [3.05, 3.63) is 90.0 Å². The van der Waals surface area contributed by atoms with Gasteiger partial charge >= 0.3 is 0 Å². The van der Waals surface area contributed by atoms with Gasteiger partial charge in [-0.2, -0.15) is 5.10 Å². The quantitative estimate of drug-likeness (QED) is 0.386. The van der Waals surface area contributed by atoms with Crippen molar-refractivity contribution in [2.75, 3.05) is 5.32 Å². The van der Waals surface area contributed by atoms with Crippen LogP contribution in [0.5, 0.6) is 0 Å². The number of benzene rings is 2.